The summed E-state index contributed by atoms with van der Waals surface area (Å²) in [6.07, 6.45) is 0.666. The van der Waals surface area contributed by atoms with Crippen molar-refractivity contribution in [2.75, 3.05) is 12.3 Å². The van der Waals surface area contributed by atoms with E-state index in [-0.39, 0.29) is 18.5 Å². The van der Waals surface area contributed by atoms with Crippen LogP contribution < -0.4 is 16.8 Å². The van der Waals surface area contributed by atoms with Gasteiger partial charge in [0.2, 0.25) is 5.91 Å². The Labute approximate surface area is 122 Å². The van der Waals surface area contributed by atoms with Crippen molar-refractivity contribution < 1.29 is 4.79 Å². The maximum Gasteiger partial charge on any atom is 0.234 e. The molecule has 0 saturated carbocycles. The molecule has 4 nitrogen and oxygen atoms in total. The Hall–Kier alpha value is -1.85. The SMILES string of the molecule is Cc1ccsc1C(Cc1ccccc1N)NC(=O)CN. The molecule has 106 valence electrons. The Morgan fingerprint density at radius 2 is 2.10 bits per heavy atom. The number of rotatable bonds is 5. The average molecular weight is 289 g/mol. The molecule has 0 radical (unpaired) electrons. The predicted octanol–water partition coefficient (Wildman–Crippen LogP) is 2.00. The van der Waals surface area contributed by atoms with E-state index in [4.69, 9.17) is 11.5 Å². The summed E-state index contributed by atoms with van der Waals surface area (Å²) in [4.78, 5) is 12.8. The molecule has 0 fully saturated rings. The molecule has 0 bridgehead atoms. The summed E-state index contributed by atoms with van der Waals surface area (Å²) < 4.78 is 0. The fraction of sp³-hybridized carbons (Fsp3) is 0.267. The summed E-state index contributed by atoms with van der Waals surface area (Å²) in [6, 6.07) is 9.68. The number of amides is 1. The molecular weight excluding hydrogens is 270 g/mol. The molecule has 2 rings (SSSR count). The molecule has 1 aromatic carbocycles. The average Bonchev–Trinajstić information content (AvgIpc) is 2.86. The van der Waals surface area contributed by atoms with Crippen LogP contribution in [0.2, 0.25) is 0 Å². The van der Waals surface area contributed by atoms with Crippen LogP contribution in [-0.2, 0) is 11.2 Å². The molecule has 1 aromatic heterocycles. The fourth-order valence-corrected chi connectivity index (χ4v) is 3.12. The van der Waals surface area contributed by atoms with Crippen LogP contribution >= 0.6 is 11.3 Å². The highest BCUT2D eigenvalue weighted by Gasteiger charge is 2.18. The first kappa shape index (κ1) is 14.6. The lowest BCUT2D eigenvalue weighted by Crippen LogP contribution is -2.34. The van der Waals surface area contributed by atoms with E-state index < -0.39 is 0 Å². The molecule has 1 heterocycles. The zero-order valence-electron chi connectivity index (χ0n) is 11.4. The third-order valence-electron chi connectivity index (χ3n) is 3.22. The van der Waals surface area contributed by atoms with Gasteiger partial charge in [0.05, 0.1) is 12.6 Å². The van der Waals surface area contributed by atoms with Crippen LogP contribution in [0.25, 0.3) is 0 Å². The summed E-state index contributed by atoms with van der Waals surface area (Å²) in [5, 5.41) is 5.00. The number of para-hydroxylation sites is 1. The van der Waals surface area contributed by atoms with Gasteiger partial charge in [-0.25, -0.2) is 0 Å². The standard InChI is InChI=1S/C15H19N3OS/c1-10-6-7-20-15(10)13(18-14(19)9-16)8-11-4-2-3-5-12(11)17/h2-7,13H,8-9,16-17H2,1H3,(H,18,19). The van der Waals surface area contributed by atoms with Gasteiger partial charge < -0.3 is 16.8 Å². The highest BCUT2D eigenvalue weighted by atomic mass is 32.1. The maximum atomic E-state index is 11.6. The highest BCUT2D eigenvalue weighted by Crippen LogP contribution is 2.28. The lowest BCUT2D eigenvalue weighted by molar-refractivity contribution is -0.120. The Bertz CT molecular complexity index is 594. The van der Waals surface area contributed by atoms with E-state index in [0.29, 0.717) is 6.42 Å². The summed E-state index contributed by atoms with van der Waals surface area (Å²) in [5.41, 5.74) is 14.3. The first-order valence-electron chi connectivity index (χ1n) is 6.48. The van der Waals surface area contributed by atoms with Crippen molar-refractivity contribution in [2.45, 2.75) is 19.4 Å². The minimum atomic E-state index is -0.155. The molecule has 0 aliphatic rings. The Morgan fingerprint density at radius 3 is 2.70 bits per heavy atom. The molecule has 2 aromatic rings. The van der Waals surface area contributed by atoms with E-state index in [1.54, 1.807) is 11.3 Å². The van der Waals surface area contributed by atoms with Gasteiger partial charge in [-0.05, 0) is 42.0 Å². The monoisotopic (exact) mass is 289 g/mol. The number of nitrogen functional groups attached to an aromatic ring is 1. The van der Waals surface area contributed by atoms with Gasteiger partial charge in [0.25, 0.3) is 0 Å². The Kier molecular flexibility index (Phi) is 4.76. The summed E-state index contributed by atoms with van der Waals surface area (Å²) >= 11 is 1.64. The van der Waals surface area contributed by atoms with Gasteiger partial charge in [0, 0.05) is 10.6 Å². The Morgan fingerprint density at radius 1 is 1.35 bits per heavy atom. The van der Waals surface area contributed by atoms with Gasteiger partial charge in [-0.2, -0.15) is 0 Å². The summed E-state index contributed by atoms with van der Waals surface area (Å²) in [7, 11) is 0. The zero-order valence-corrected chi connectivity index (χ0v) is 12.2. The number of hydrogen-bond acceptors (Lipinski definition) is 4. The molecule has 0 aliphatic carbocycles. The first-order chi connectivity index (χ1) is 9.61. The number of nitrogens with two attached hydrogens (primary N) is 2. The number of hydrogen-bond donors (Lipinski definition) is 3. The second-order valence-electron chi connectivity index (χ2n) is 4.70. The number of aryl methyl sites for hydroxylation is 1. The van der Waals surface area contributed by atoms with Crippen LogP contribution in [0.15, 0.2) is 35.7 Å². The smallest absolute Gasteiger partial charge is 0.234 e. The van der Waals surface area contributed by atoms with Gasteiger partial charge in [-0.1, -0.05) is 18.2 Å². The minimum Gasteiger partial charge on any atom is -0.399 e. The number of benzene rings is 1. The normalized spacial score (nSPS) is 12.1. The molecule has 0 spiro atoms. The quantitative estimate of drug-likeness (QED) is 0.736. The molecule has 0 saturated heterocycles. The van der Waals surface area contributed by atoms with E-state index in [0.717, 1.165) is 16.1 Å². The molecule has 1 unspecified atom stereocenters. The molecule has 5 heteroatoms. The fourth-order valence-electron chi connectivity index (χ4n) is 2.14. The molecule has 1 amide bonds. The van der Waals surface area contributed by atoms with Gasteiger partial charge in [0.1, 0.15) is 0 Å². The van der Waals surface area contributed by atoms with Crippen LogP contribution in [0.4, 0.5) is 5.69 Å². The number of thiophene rings is 1. The van der Waals surface area contributed by atoms with Gasteiger partial charge >= 0.3 is 0 Å². The number of anilines is 1. The van der Waals surface area contributed by atoms with Crippen molar-refractivity contribution in [3.63, 3.8) is 0 Å². The van der Waals surface area contributed by atoms with Crippen LogP contribution in [0.1, 0.15) is 22.0 Å². The lowest BCUT2D eigenvalue weighted by Gasteiger charge is -2.19. The van der Waals surface area contributed by atoms with Gasteiger partial charge in [-0.15, -0.1) is 11.3 Å². The largest absolute Gasteiger partial charge is 0.399 e. The molecule has 1 atom stereocenters. The van der Waals surface area contributed by atoms with Crippen LogP contribution in [-0.4, -0.2) is 12.5 Å². The van der Waals surface area contributed by atoms with Crippen molar-refractivity contribution in [1.82, 2.24) is 5.32 Å². The highest BCUT2D eigenvalue weighted by molar-refractivity contribution is 7.10. The molecule has 20 heavy (non-hydrogen) atoms. The van der Waals surface area contributed by atoms with Crippen molar-refractivity contribution in [3.05, 3.63) is 51.7 Å². The van der Waals surface area contributed by atoms with E-state index in [1.165, 1.54) is 5.56 Å². The van der Waals surface area contributed by atoms with E-state index >= 15 is 0 Å². The summed E-state index contributed by atoms with van der Waals surface area (Å²) in [5.74, 6) is -0.155. The van der Waals surface area contributed by atoms with Gasteiger partial charge in [-0.3, -0.25) is 4.79 Å². The third kappa shape index (κ3) is 3.37. The van der Waals surface area contributed by atoms with Crippen molar-refractivity contribution >= 4 is 22.9 Å². The topological polar surface area (TPSA) is 81.1 Å². The summed E-state index contributed by atoms with van der Waals surface area (Å²) in [6.45, 7) is 2.03. The molecule has 0 aliphatic heterocycles. The number of carbonyl (C=O) groups is 1. The van der Waals surface area contributed by atoms with Crippen molar-refractivity contribution in [2.24, 2.45) is 5.73 Å². The lowest BCUT2D eigenvalue weighted by atomic mass is 10.0. The number of carbonyl (C=O) groups excluding carboxylic acids is 1. The minimum absolute atomic E-state index is 0.00874. The Balaban J connectivity index is 2.26. The maximum absolute atomic E-state index is 11.6. The molecule has 5 N–H and O–H groups in total. The van der Waals surface area contributed by atoms with E-state index in [9.17, 15) is 4.79 Å². The van der Waals surface area contributed by atoms with Crippen molar-refractivity contribution in [1.29, 1.82) is 0 Å². The molecular formula is C15H19N3OS. The second-order valence-corrected chi connectivity index (χ2v) is 5.64. The van der Waals surface area contributed by atoms with Crippen molar-refractivity contribution in [3.8, 4) is 0 Å². The third-order valence-corrected chi connectivity index (χ3v) is 4.35. The predicted molar refractivity (Wildman–Crippen MR) is 83.6 cm³/mol. The number of nitrogens with one attached hydrogen (secondary N) is 1. The van der Waals surface area contributed by atoms with Gasteiger partial charge in [0.15, 0.2) is 0 Å². The van der Waals surface area contributed by atoms with Crippen LogP contribution in [0.5, 0.6) is 0 Å². The second kappa shape index (κ2) is 6.54. The van der Waals surface area contributed by atoms with E-state index in [1.807, 2.05) is 36.6 Å². The first-order valence-corrected chi connectivity index (χ1v) is 7.36. The van der Waals surface area contributed by atoms with E-state index in [2.05, 4.69) is 11.4 Å². The van der Waals surface area contributed by atoms with Crippen LogP contribution in [0, 0.1) is 6.92 Å². The van der Waals surface area contributed by atoms with Crippen LogP contribution in [0.3, 0.4) is 0 Å². The zero-order chi connectivity index (χ0) is 14.5.